The number of fused-ring (bicyclic) bond motifs is 1. The molecule has 3 rings (SSSR count). The molecule has 0 spiro atoms. The number of aromatic amines is 1. The molecule has 27 heavy (non-hydrogen) atoms. The van der Waals surface area contributed by atoms with E-state index in [1.54, 1.807) is 36.5 Å². The van der Waals surface area contributed by atoms with Crippen LogP contribution in [0.5, 0.6) is 0 Å². The topological polar surface area (TPSA) is 90.9 Å². The molecule has 0 aliphatic carbocycles. The van der Waals surface area contributed by atoms with Crippen molar-refractivity contribution in [1.29, 1.82) is 0 Å². The van der Waals surface area contributed by atoms with Crippen molar-refractivity contribution in [3.8, 4) is 0 Å². The number of H-pyrrole nitrogens is 1. The maximum absolute atomic E-state index is 13.3. The largest absolute Gasteiger partial charge is 0.394 e. The molecule has 0 saturated carbocycles. The third-order valence-electron chi connectivity index (χ3n) is 4.31. The van der Waals surface area contributed by atoms with Crippen molar-refractivity contribution in [2.45, 2.75) is 19.9 Å². The fraction of sp³-hybridized carbons (Fsp3) is 0.250. The van der Waals surface area contributed by atoms with Crippen LogP contribution in [0.1, 0.15) is 35.6 Å². The van der Waals surface area contributed by atoms with E-state index < -0.39 is 0 Å². The highest BCUT2D eigenvalue weighted by molar-refractivity contribution is 5.98. The zero-order valence-electron chi connectivity index (χ0n) is 15.1. The van der Waals surface area contributed by atoms with Gasteiger partial charge in [0, 0.05) is 5.39 Å². The van der Waals surface area contributed by atoms with Crippen molar-refractivity contribution >= 4 is 29.0 Å². The number of carbonyl (C=O) groups excluding carboxylic acids is 1. The van der Waals surface area contributed by atoms with Gasteiger partial charge in [-0.15, -0.1) is 0 Å². The first kappa shape index (κ1) is 18.7. The minimum atomic E-state index is -0.356. The SMILES string of the molecule is CC(C)[C@@H](CO)NC(=O)c1cc2c(C=Cc3cccc(F)c3)n[nH]c2cn1. The quantitative estimate of drug-likeness (QED) is 0.624. The van der Waals surface area contributed by atoms with Crippen LogP contribution >= 0.6 is 0 Å². The Morgan fingerprint density at radius 1 is 1.33 bits per heavy atom. The van der Waals surface area contributed by atoms with Crippen LogP contribution in [-0.2, 0) is 0 Å². The monoisotopic (exact) mass is 368 g/mol. The van der Waals surface area contributed by atoms with Gasteiger partial charge in [-0.3, -0.25) is 9.89 Å². The Hall–Kier alpha value is -3.06. The van der Waals surface area contributed by atoms with Crippen molar-refractivity contribution in [3.05, 3.63) is 59.3 Å². The van der Waals surface area contributed by atoms with E-state index in [0.717, 1.165) is 5.39 Å². The number of amides is 1. The minimum Gasteiger partial charge on any atom is -0.394 e. The van der Waals surface area contributed by atoms with E-state index in [-0.39, 0.29) is 36.0 Å². The van der Waals surface area contributed by atoms with Gasteiger partial charge in [0.15, 0.2) is 0 Å². The number of nitrogens with one attached hydrogen (secondary N) is 2. The molecule has 7 heteroatoms. The Morgan fingerprint density at radius 2 is 2.15 bits per heavy atom. The molecule has 0 bridgehead atoms. The van der Waals surface area contributed by atoms with Crippen LogP contribution in [0, 0.1) is 11.7 Å². The number of benzene rings is 1. The predicted molar refractivity (Wildman–Crippen MR) is 102 cm³/mol. The predicted octanol–water partition coefficient (Wildman–Crippen LogP) is 3.01. The van der Waals surface area contributed by atoms with E-state index in [2.05, 4.69) is 20.5 Å². The molecule has 3 aromatic rings. The van der Waals surface area contributed by atoms with Gasteiger partial charge in [-0.1, -0.05) is 32.1 Å². The first-order valence-corrected chi connectivity index (χ1v) is 8.67. The number of aliphatic hydroxyl groups excluding tert-OH is 1. The molecule has 3 N–H and O–H groups in total. The normalized spacial score (nSPS) is 12.8. The molecule has 140 valence electrons. The lowest BCUT2D eigenvalue weighted by molar-refractivity contribution is 0.0892. The second-order valence-electron chi connectivity index (χ2n) is 6.62. The maximum Gasteiger partial charge on any atom is 0.270 e. The second-order valence-corrected chi connectivity index (χ2v) is 6.62. The summed E-state index contributed by atoms with van der Waals surface area (Å²) < 4.78 is 13.3. The number of hydrogen-bond donors (Lipinski definition) is 3. The van der Waals surface area contributed by atoms with E-state index in [9.17, 15) is 14.3 Å². The van der Waals surface area contributed by atoms with Gasteiger partial charge in [-0.2, -0.15) is 5.10 Å². The lowest BCUT2D eigenvalue weighted by Gasteiger charge is -2.19. The van der Waals surface area contributed by atoms with Gasteiger partial charge in [0.05, 0.1) is 30.1 Å². The molecule has 2 heterocycles. The lowest BCUT2D eigenvalue weighted by atomic mass is 10.1. The molecule has 0 saturated heterocycles. The number of halogens is 1. The van der Waals surface area contributed by atoms with E-state index in [4.69, 9.17) is 0 Å². The number of aromatic nitrogens is 3. The lowest BCUT2D eigenvalue weighted by Crippen LogP contribution is -2.41. The number of rotatable bonds is 6. The highest BCUT2D eigenvalue weighted by atomic mass is 19.1. The average molecular weight is 368 g/mol. The molecule has 2 aromatic heterocycles. The van der Waals surface area contributed by atoms with Crippen LogP contribution in [-0.4, -0.2) is 38.8 Å². The van der Waals surface area contributed by atoms with Crippen molar-refractivity contribution in [3.63, 3.8) is 0 Å². The highest BCUT2D eigenvalue weighted by Crippen LogP contribution is 2.19. The van der Waals surface area contributed by atoms with Gasteiger partial charge >= 0.3 is 0 Å². The van der Waals surface area contributed by atoms with Crippen LogP contribution in [0.4, 0.5) is 4.39 Å². The summed E-state index contributed by atoms with van der Waals surface area (Å²) in [5.41, 5.74) is 2.26. The van der Waals surface area contributed by atoms with E-state index in [0.29, 0.717) is 16.8 Å². The summed E-state index contributed by atoms with van der Waals surface area (Å²) in [7, 11) is 0. The van der Waals surface area contributed by atoms with E-state index in [1.807, 2.05) is 13.8 Å². The summed E-state index contributed by atoms with van der Waals surface area (Å²) in [5.74, 6) is -0.567. The standard InChI is InChI=1S/C20H21FN4O2/c1-12(2)19(11-26)23-20(27)17-9-15-16(24-25-18(15)10-22-17)7-6-13-4-3-5-14(21)8-13/h3-10,12,19,26H,11H2,1-2H3,(H,23,27)(H,24,25)/t19-/m1/s1. The van der Waals surface area contributed by atoms with Crippen LogP contribution in [0.2, 0.25) is 0 Å². The Kier molecular flexibility index (Phi) is 5.61. The highest BCUT2D eigenvalue weighted by Gasteiger charge is 2.18. The van der Waals surface area contributed by atoms with Gasteiger partial charge in [-0.05, 0) is 35.8 Å². The molecule has 0 aliphatic rings. The Bertz CT molecular complexity index is 981. The summed E-state index contributed by atoms with van der Waals surface area (Å²) in [6, 6.07) is 7.54. The summed E-state index contributed by atoms with van der Waals surface area (Å²) in [6.45, 7) is 3.70. The van der Waals surface area contributed by atoms with Gasteiger partial charge in [0.2, 0.25) is 0 Å². The summed E-state index contributed by atoms with van der Waals surface area (Å²) in [5, 5.41) is 20.0. The molecule has 6 nitrogen and oxygen atoms in total. The van der Waals surface area contributed by atoms with Crippen LogP contribution in [0.3, 0.4) is 0 Å². The number of pyridine rings is 1. The van der Waals surface area contributed by atoms with Gasteiger partial charge < -0.3 is 10.4 Å². The van der Waals surface area contributed by atoms with Crippen LogP contribution < -0.4 is 5.32 Å². The third kappa shape index (κ3) is 4.38. The molecule has 1 aromatic carbocycles. The van der Waals surface area contributed by atoms with E-state index in [1.165, 1.54) is 12.1 Å². The van der Waals surface area contributed by atoms with E-state index >= 15 is 0 Å². The van der Waals surface area contributed by atoms with Crippen molar-refractivity contribution < 1.29 is 14.3 Å². The van der Waals surface area contributed by atoms with Crippen molar-refractivity contribution in [1.82, 2.24) is 20.5 Å². The Morgan fingerprint density at radius 3 is 2.85 bits per heavy atom. The Labute approximate surface area is 156 Å². The second kappa shape index (κ2) is 8.09. The maximum atomic E-state index is 13.3. The fourth-order valence-corrected chi connectivity index (χ4v) is 2.64. The molecular weight excluding hydrogens is 347 g/mol. The summed E-state index contributed by atoms with van der Waals surface area (Å²) >= 11 is 0. The molecule has 0 fully saturated rings. The summed E-state index contributed by atoms with van der Waals surface area (Å²) in [6.07, 6.45) is 5.04. The number of nitrogens with zero attached hydrogens (tertiary/aromatic N) is 2. The van der Waals surface area contributed by atoms with Gasteiger partial charge in [0.25, 0.3) is 5.91 Å². The van der Waals surface area contributed by atoms with Crippen molar-refractivity contribution in [2.75, 3.05) is 6.61 Å². The van der Waals surface area contributed by atoms with Gasteiger partial charge in [0.1, 0.15) is 11.5 Å². The summed E-state index contributed by atoms with van der Waals surface area (Å²) in [4.78, 5) is 16.6. The first-order valence-electron chi connectivity index (χ1n) is 8.67. The average Bonchev–Trinajstić information content (AvgIpc) is 3.06. The molecule has 1 atom stereocenters. The number of carbonyl (C=O) groups is 1. The first-order chi connectivity index (χ1) is 13.0. The van der Waals surface area contributed by atoms with Gasteiger partial charge in [-0.25, -0.2) is 9.37 Å². The smallest absolute Gasteiger partial charge is 0.270 e. The van der Waals surface area contributed by atoms with Crippen LogP contribution in [0.15, 0.2) is 36.5 Å². The van der Waals surface area contributed by atoms with Crippen molar-refractivity contribution in [2.24, 2.45) is 5.92 Å². The fourth-order valence-electron chi connectivity index (χ4n) is 2.64. The minimum absolute atomic E-state index is 0.0985. The molecule has 0 radical (unpaired) electrons. The third-order valence-corrected chi connectivity index (χ3v) is 4.31. The Balaban J connectivity index is 1.86. The molecule has 0 aliphatic heterocycles. The number of hydrogen-bond acceptors (Lipinski definition) is 4. The zero-order chi connectivity index (χ0) is 19.4. The molecule has 1 amide bonds. The van der Waals surface area contributed by atoms with Crippen LogP contribution in [0.25, 0.3) is 23.1 Å². The molecule has 0 unspecified atom stereocenters. The zero-order valence-corrected chi connectivity index (χ0v) is 15.1. The molecular formula is C20H21FN4O2. The number of aliphatic hydroxyl groups is 1.